The number of hydrogen-bond acceptors (Lipinski definition) is 6. The maximum atomic E-state index is 4.61. The van der Waals surface area contributed by atoms with E-state index in [0.29, 0.717) is 5.92 Å². The van der Waals surface area contributed by atoms with Crippen LogP contribution < -0.4 is 10.2 Å². The van der Waals surface area contributed by atoms with Crippen LogP contribution in [0, 0.1) is 19.8 Å². The zero-order valence-electron chi connectivity index (χ0n) is 18.1. The quantitative estimate of drug-likeness (QED) is 0.350. The topological polar surface area (TPSA) is 74.5 Å². The minimum absolute atomic E-state index is 0. The molecule has 0 radical (unpaired) electrons. The van der Waals surface area contributed by atoms with Crippen molar-refractivity contribution in [3.05, 3.63) is 23.3 Å². The first-order chi connectivity index (χ1) is 13.5. The van der Waals surface area contributed by atoms with E-state index in [1.54, 1.807) is 0 Å². The highest BCUT2D eigenvalue weighted by Gasteiger charge is 2.22. The minimum Gasteiger partial charge on any atom is -0.356 e. The molecule has 8 nitrogen and oxygen atoms in total. The first-order valence-electron chi connectivity index (χ1n) is 10.0. The molecule has 1 aliphatic heterocycles. The number of aromatic nitrogens is 4. The molecule has 0 aromatic carbocycles. The number of halogens is 1. The highest BCUT2D eigenvalue weighted by atomic mass is 127. The molecule has 1 unspecified atom stereocenters. The lowest BCUT2D eigenvalue weighted by molar-refractivity contribution is 0.363. The monoisotopic (exact) mass is 532 g/mol. The summed E-state index contributed by atoms with van der Waals surface area (Å²) in [6.07, 6.45) is 0.892. The Bertz CT molecular complexity index is 794. The van der Waals surface area contributed by atoms with Crippen molar-refractivity contribution < 1.29 is 0 Å². The van der Waals surface area contributed by atoms with Crippen LogP contribution in [0.25, 0.3) is 0 Å². The molecule has 3 rings (SSSR count). The van der Waals surface area contributed by atoms with Crippen molar-refractivity contribution in [3.63, 3.8) is 0 Å². The van der Waals surface area contributed by atoms with E-state index in [9.17, 15) is 0 Å². The number of anilines is 1. The fourth-order valence-electron chi connectivity index (χ4n) is 3.44. The Morgan fingerprint density at radius 1 is 1.28 bits per heavy atom. The molecule has 0 spiro atoms. The summed E-state index contributed by atoms with van der Waals surface area (Å²) in [5, 5.41) is 9.15. The second-order valence-corrected chi connectivity index (χ2v) is 8.19. The van der Waals surface area contributed by atoms with Crippen molar-refractivity contribution in [2.24, 2.45) is 10.9 Å². The van der Waals surface area contributed by atoms with Crippen LogP contribution >= 0.6 is 35.5 Å². The van der Waals surface area contributed by atoms with Gasteiger partial charge < -0.3 is 15.1 Å². The maximum absolute atomic E-state index is 4.61. The number of rotatable bonds is 6. The second-order valence-electron chi connectivity index (χ2n) is 7.46. The van der Waals surface area contributed by atoms with Gasteiger partial charge in [0, 0.05) is 70.0 Å². The average molecular weight is 533 g/mol. The molecule has 1 saturated heterocycles. The Morgan fingerprint density at radius 3 is 2.55 bits per heavy atom. The van der Waals surface area contributed by atoms with Crippen LogP contribution in [0.4, 0.5) is 5.13 Å². The lowest BCUT2D eigenvalue weighted by Crippen LogP contribution is -2.53. The third-order valence-corrected chi connectivity index (χ3v) is 5.85. The van der Waals surface area contributed by atoms with E-state index in [1.807, 2.05) is 14.0 Å². The van der Waals surface area contributed by atoms with E-state index in [0.717, 1.165) is 68.3 Å². The fraction of sp³-hybridized carbons (Fsp3) is 0.684. The predicted molar refractivity (Wildman–Crippen MR) is 131 cm³/mol. The summed E-state index contributed by atoms with van der Waals surface area (Å²) < 4.78 is 6.50. The molecule has 1 fully saturated rings. The molecule has 0 saturated carbocycles. The summed E-state index contributed by atoms with van der Waals surface area (Å²) in [6, 6.07) is 2.12. The van der Waals surface area contributed by atoms with Gasteiger partial charge in [-0.15, -0.1) is 24.0 Å². The Labute approximate surface area is 195 Å². The van der Waals surface area contributed by atoms with E-state index in [2.05, 4.69) is 66.1 Å². The number of aliphatic imine (C=N–C) groups is 1. The number of nitrogens with one attached hydrogen (secondary N) is 1. The fourth-order valence-corrected chi connectivity index (χ4v) is 4.24. The number of guanidine groups is 1. The van der Waals surface area contributed by atoms with Gasteiger partial charge in [0.1, 0.15) is 5.82 Å². The summed E-state index contributed by atoms with van der Waals surface area (Å²) in [7, 11) is 1.86. The SMILES string of the molecule is CCc1nsc(N2CCN(C(=NC)NCC(C)Cn3nc(C)cc3C)CC2)n1.I. The second kappa shape index (κ2) is 11.1. The van der Waals surface area contributed by atoms with Crippen LogP contribution in [0.2, 0.25) is 0 Å². The smallest absolute Gasteiger partial charge is 0.205 e. The minimum atomic E-state index is 0. The number of piperazine rings is 1. The first kappa shape index (κ1) is 23.8. The largest absolute Gasteiger partial charge is 0.356 e. The van der Waals surface area contributed by atoms with E-state index >= 15 is 0 Å². The first-order valence-corrected chi connectivity index (χ1v) is 10.8. The van der Waals surface area contributed by atoms with Gasteiger partial charge in [0.25, 0.3) is 0 Å². The Balaban J connectivity index is 0.00000300. The van der Waals surface area contributed by atoms with Crippen molar-refractivity contribution in [3.8, 4) is 0 Å². The van der Waals surface area contributed by atoms with Gasteiger partial charge in [-0.1, -0.05) is 13.8 Å². The van der Waals surface area contributed by atoms with Crippen molar-refractivity contribution in [2.75, 3.05) is 44.7 Å². The van der Waals surface area contributed by atoms with Gasteiger partial charge in [-0.3, -0.25) is 9.67 Å². The standard InChI is InChI=1S/C19H32N8S.HI/c1-6-17-22-19(28-24-17)26-9-7-25(8-10-26)18(20-5)21-12-14(2)13-27-16(4)11-15(3)23-27;/h11,14H,6-10,12-13H2,1-5H3,(H,20,21);1H. The Hall–Kier alpha value is -1.43. The van der Waals surface area contributed by atoms with E-state index in [-0.39, 0.29) is 24.0 Å². The van der Waals surface area contributed by atoms with Crippen LogP contribution in [0.1, 0.15) is 31.1 Å². The van der Waals surface area contributed by atoms with Gasteiger partial charge in [-0.05, 0) is 25.8 Å². The summed E-state index contributed by atoms with van der Waals surface area (Å²) in [5.41, 5.74) is 2.29. The van der Waals surface area contributed by atoms with Crippen molar-refractivity contribution in [2.45, 2.75) is 40.7 Å². The highest BCUT2D eigenvalue weighted by molar-refractivity contribution is 14.0. The third kappa shape index (κ3) is 6.27. The zero-order valence-corrected chi connectivity index (χ0v) is 21.2. The van der Waals surface area contributed by atoms with Crippen LogP contribution in [-0.2, 0) is 13.0 Å². The highest BCUT2D eigenvalue weighted by Crippen LogP contribution is 2.19. The summed E-state index contributed by atoms with van der Waals surface area (Å²) in [4.78, 5) is 13.8. The number of aryl methyl sites for hydroxylation is 3. The molecule has 1 aliphatic rings. The predicted octanol–water partition coefficient (Wildman–Crippen LogP) is 2.57. The van der Waals surface area contributed by atoms with Gasteiger partial charge in [0.05, 0.1) is 5.69 Å². The molecule has 29 heavy (non-hydrogen) atoms. The average Bonchev–Trinajstić information content (AvgIpc) is 3.29. The molecule has 1 N–H and O–H groups in total. The maximum Gasteiger partial charge on any atom is 0.205 e. The molecule has 162 valence electrons. The van der Waals surface area contributed by atoms with Crippen LogP contribution in [0.15, 0.2) is 11.1 Å². The molecular formula is C19H33IN8S. The third-order valence-electron chi connectivity index (χ3n) is 5.03. The lowest BCUT2D eigenvalue weighted by atomic mass is 10.2. The Morgan fingerprint density at radius 2 is 2.00 bits per heavy atom. The van der Waals surface area contributed by atoms with Gasteiger partial charge in [0.2, 0.25) is 5.13 Å². The van der Waals surface area contributed by atoms with Gasteiger partial charge >= 0.3 is 0 Å². The zero-order chi connectivity index (χ0) is 20.1. The molecule has 10 heteroatoms. The molecule has 3 heterocycles. The van der Waals surface area contributed by atoms with Crippen molar-refractivity contribution in [1.82, 2.24) is 29.4 Å². The number of hydrogen-bond donors (Lipinski definition) is 1. The van der Waals surface area contributed by atoms with Crippen LogP contribution in [-0.4, -0.2) is 69.8 Å². The lowest BCUT2D eigenvalue weighted by Gasteiger charge is -2.36. The van der Waals surface area contributed by atoms with E-state index < -0.39 is 0 Å². The van der Waals surface area contributed by atoms with Crippen molar-refractivity contribution in [1.29, 1.82) is 0 Å². The van der Waals surface area contributed by atoms with Crippen LogP contribution in [0.5, 0.6) is 0 Å². The molecular weight excluding hydrogens is 499 g/mol. The van der Waals surface area contributed by atoms with Gasteiger partial charge in [-0.25, -0.2) is 4.98 Å². The molecule has 2 aromatic heterocycles. The Kier molecular flexibility index (Phi) is 9.12. The van der Waals surface area contributed by atoms with E-state index in [1.165, 1.54) is 17.2 Å². The number of nitrogens with zero attached hydrogens (tertiary/aromatic N) is 7. The molecule has 0 bridgehead atoms. The molecule has 2 aromatic rings. The summed E-state index contributed by atoms with van der Waals surface area (Å²) in [5.74, 6) is 2.38. The normalized spacial score (nSPS) is 16.0. The van der Waals surface area contributed by atoms with Crippen molar-refractivity contribution >= 4 is 46.6 Å². The molecule has 1 atom stereocenters. The molecule has 0 amide bonds. The molecule has 0 aliphatic carbocycles. The van der Waals surface area contributed by atoms with Crippen LogP contribution in [0.3, 0.4) is 0 Å². The summed E-state index contributed by atoms with van der Waals surface area (Å²) >= 11 is 1.51. The van der Waals surface area contributed by atoms with E-state index in [4.69, 9.17) is 0 Å². The summed E-state index contributed by atoms with van der Waals surface area (Å²) in [6.45, 7) is 14.0. The van der Waals surface area contributed by atoms with Gasteiger partial charge in [-0.2, -0.15) is 9.47 Å². The van der Waals surface area contributed by atoms with Gasteiger partial charge in [0.15, 0.2) is 5.96 Å².